The molecule has 0 unspecified atom stereocenters. The number of hydrogen-bond donors (Lipinski definition) is 0. The Morgan fingerprint density at radius 1 is 1.19 bits per heavy atom. The summed E-state index contributed by atoms with van der Waals surface area (Å²) in [5.74, 6) is -1.20. The number of rotatable bonds is 3. The van der Waals surface area contributed by atoms with Crippen molar-refractivity contribution in [3.8, 4) is 0 Å². The Hall–Kier alpha value is -1.49. The number of amides is 1. The standard InChI is InChI=1S/C16H22F2N2O/c1-11-10-20(12(2)9-19(11)3)16(21)8-7-13-14(17)5-4-6-15(13)18/h4-6,11-12H,7-10H2,1-3H3/t11-,12+/m0/s1. The first-order chi connectivity index (χ1) is 9.90. The molecule has 0 radical (unpaired) electrons. The number of piperazine rings is 1. The molecule has 116 valence electrons. The molecule has 1 aliphatic rings. The summed E-state index contributed by atoms with van der Waals surface area (Å²) >= 11 is 0. The second-order valence-corrected chi connectivity index (χ2v) is 5.88. The third-order valence-electron chi connectivity index (χ3n) is 4.27. The highest BCUT2D eigenvalue weighted by Gasteiger charge is 2.29. The monoisotopic (exact) mass is 296 g/mol. The minimum Gasteiger partial charge on any atom is -0.337 e. The van der Waals surface area contributed by atoms with Crippen LogP contribution in [0.3, 0.4) is 0 Å². The minimum absolute atomic E-state index is 0.000629. The van der Waals surface area contributed by atoms with Gasteiger partial charge in [0.2, 0.25) is 5.91 Å². The van der Waals surface area contributed by atoms with Gasteiger partial charge in [0.25, 0.3) is 0 Å². The second-order valence-electron chi connectivity index (χ2n) is 5.88. The van der Waals surface area contributed by atoms with Crippen LogP contribution >= 0.6 is 0 Å². The van der Waals surface area contributed by atoms with Crippen molar-refractivity contribution in [1.29, 1.82) is 0 Å². The molecule has 0 aromatic heterocycles. The molecular weight excluding hydrogens is 274 g/mol. The van der Waals surface area contributed by atoms with Gasteiger partial charge in [0, 0.05) is 37.2 Å². The van der Waals surface area contributed by atoms with Crippen molar-refractivity contribution in [2.75, 3.05) is 20.1 Å². The molecule has 0 spiro atoms. The topological polar surface area (TPSA) is 23.6 Å². The van der Waals surface area contributed by atoms with E-state index in [9.17, 15) is 13.6 Å². The SMILES string of the molecule is C[C@@H]1CN(C)[C@@H](C)CN1C(=O)CCc1c(F)cccc1F. The van der Waals surface area contributed by atoms with Crippen LogP contribution in [0.15, 0.2) is 18.2 Å². The van der Waals surface area contributed by atoms with Gasteiger partial charge in [-0.05, 0) is 39.4 Å². The van der Waals surface area contributed by atoms with Crippen LogP contribution in [0.4, 0.5) is 8.78 Å². The van der Waals surface area contributed by atoms with Crippen LogP contribution in [0.2, 0.25) is 0 Å². The Labute approximate surface area is 124 Å². The largest absolute Gasteiger partial charge is 0.337 e. The first-order valence-corrected chi connectivity index (χ1v) is 7.32. The number of carbonyl (C=O) groups excluding carboxylic acids is 1. The van der Waals surface area contributed by atoms with E-state index in [0.717, 1.165) is 6.54 Å². The molecule has 1 amide bonds. The summed E-state index contributed by atoms with van der Waals surface area (Å²) in [5, 5.41) is 0. The Morgan fingerprint density at radius 2 is 1.81 bits per heavy atom. The molecule has 1 heterocycles. The first-order valence-electron chi connectivity index (χ1n) is 7.32. The number of carbonyl (C=O) groups is 1. The van der Waals surface area contributed by atoms with Crippen molar-refractivity contribution in [3.63, 3.8) is 0 Å². The summed E-state index contributed by atoms with van der Waals surface area (Å²) in [5.41, 5.74) is 0.000629. The maximum absolute atomic E-state index is 13.6. The predicted molar refractivity (Wildman–Crippen MR) is 77.9 cm³/mol. The van der Waals surface area contributed by atoms with Crippen molar-refractivity contribution < 1.29 is 13.6 Å². The van der Waals surface area contributed by atoms with Crippen LogP contribution < -0.4 is 0 Å². The van der Waals surface area contributed by atoms with E-state index in [1.807, 2.05) is 18.9 Å². The lowest BCUT2D eigenvalue weighted by atomic mass is 10.1. The van der Waals surface area contributed by atoms with Crippen LogP contribution in [-0.2, 0) is 11.2 Å². The molecule has 0 bridgehead atoms. The molecule has 21 heavy (non-hydrogen) atoms. The second kappa shape index (κ2) is 6.52. The fraction of sp³-hybridized carbons (Fsp3) is 0.562. The van der Waals surface area contributed by atoms with Crippen LogP contribution in [0.25, 0.3) is 0 Å². The molecule has 0 aliphatic carbocycles. The highest BCUT2D eigenvalue weighted by atomic mass is 19.1. The zero-order valence-electron chi connectivity index (χ0n) is 12.8. The first kappa shape index (κ1) is 15.9. The Morgan fingerprint density at radius 3 is 2.43 bits per heavy atom. The normalized spacial score (nSPS) is 23.4. The van der Waals surface area contributed by atoms with E-state index < -0.39 is 11.6 Å². The van der Waals surface area contributed by atoms with Gasteiger partial charge in [0.05, 0.1) is 0 Å². The molecule has 1 aromatic carbocycles. The molecular formula is C16H22F2N2O. The summed E-state index contributed by atoms with van der Waals surface area (Å²) in [4.78, 5) is 16.4. The number of halogens is 2. The zero-order valence-corrected chi connectivity index (χ0v) is 12.8. The summed E-state index contributed by atoms with van der Waals surface area (Å²) in [6, 6.07) is 4.21. The van der Waals surface area contributed by atoms with Crippen LogP contribution in [0, 0.1) is 11.6 Å². The smallest absolute Gasteiger partial charge is 0.223 e. The van der Waals surface area contributed by atoms with Gasteiger partial charge in [-0.25, -0.2) is 8.78 Å². The molecule has 1 fully saturated rings. The summed E-state index contributed by atoms with van der Waals surface area (Å²) in [6.07, 6.45) is 0.239. The molecule has 2 rings (SSSR count). The number of nitrogens with zero attached hydrogens (tertiary/aromatic N) is 2. The van der Waals surface area contributed by atoms with Gasteiger partial charge in [-0.3, -0.25) is 9.69 Å². The van der Waals surface area contributed by atoms with Crippen LogP contribution in [-0.4, -0.2) is 47.9 Å². The highest BCUT2D eigenvalue weighted by molar-refractivity contribution is 5.77. The zero-order chi connectivity index (χ0) is 15.6. The third-order valence-corrected chi connectivity index (χ3v) is 4.27. The average molecular weight is 296 g/mol. The number of benzene rings is 1. The third kappa shape index (κ3) is 3.59. The van der Waals surface area contributed by atoms with E-state index in [-0.39, 0.29) is 30.4 Å². The van der Waals surface area contributed by atoms with E-state index in [1.54, 1.807) is 0 Å². The lowest BCUT2D eigenvalue weighted by Crippen LogP contribution is -2.56. The van der Waals surface area contributed by atoms with Crippen molar-refractivity contribution >= 4 is 5.91 Å². The van der Waals surface area contributed by atoms with Crippen LogP contribution in [0.1, 0.15) is 25.8 Å². The molecule has 1 aromatic rings. The average Bonchev–Trinajstić information content (AvgIpc) is 2.42. The van der Waals surface area contributed by atoms with Gasteiger partial charge in [0.15, 0.2) is 0 Å². The highest BCUT2D eigenvalue weighted by Crippen LogP contribution is 2.18. The molecule has 2 atom stereocenters. The van der Waals surface area contributed by atoms with Gasteiger partial charge >= 0.3 is 0 Å². The fourth-order valence-electron chi connectivity index (χ4n) is 2.79. The van der Waals surface area contributed by atoms with Gasteiger partial charge in [-0.2, -0.15) is 0 Å². The van der Waals surface area contributed by atoms with Gasteiger partial charge < -0.3 is 4.90 Å². The maximum Gasteiger partial charge on any atom is 0.223 e. The van der Waals surface area contributed by atoms with E-state index in [0.29, 0.717) is 12.6 Å². The van der Waals surface area contributed by atoms with Crippen molar-refractivity contribution in [1.82, 2.24) is 9.80 Å². The lowest BCUT2D eigenvalue weighted by Gasteiger charge is -2.42. The lowest BCUT2D eigenvalue weighted by molar-refractivity contribution is -0.136. The van der Waals surface area contributed by atoms with E-state index in [1.165, 1.54) is 18.2 Å². The Kier molecular flexibility index (Phi) is 4.93. The maximum atomic E-state index is 13.6. The van der Waals surface area contributed by atoms with Gasteiger partial charge in [0.1, 0.15) is 11.6 Å². The molecule has 0 saturated carbocycles. The Bertz CT molecular complexity index is 501. The van der Waals surface area contributed by atoms with E-state index >= 15 is 0 Å². The van der Waals surface area contributed by atoms with Gasteiger partial charge in [-0.1, -0.05) is 6.07 Å². The van der Waals surface area contributed by atoms with Crippen LogP contribution in [0.5, 0.6) is 0 Å². The molecule has 3 nitrogen and oxygen atoms in total. The summed E-state index contributed by atoms with van der Waals surface area (Å²) < 4.78 is 27.1. The van der Waals surface area contributed by atoms with Crippen molar-refractivity contribution in [2.24, 2.45) is 0 Å². The predicted octanol–water partition coefficient (Wildman–Crippen LogP) is 2.45. The van der Waals surface area contributed by atoms with E-state index in [4.69, 9.17) is 0 Å². The van der Waals surface area contributed by atoms with Crippen molar-refractivity contribution in [2.45, 2.75) is 38.8 Å². The summed E-state index contributed by atoms with van der Waals surface area (Å²) in [6.45, 7) is 5.56. The molecule has 1 saturated heterocycles. The molecule has 1 aliphatic heterocycles. The van der Waals surface area contributed by atoms with Crippen molar-refractivity contribution in [3.05, 3.63) is 35.4 Å². The quantitative estimate of drug-likeness (QED) is 0.855. The van der Waals surface area contributed by atoms with Gasteiger partial charge in [-0.15, -0.1) is 0 Å². The Balaban J connectivity index is 1.99. The summed E-state index contributed by atoms with van der Waals surface area (Å²) in [7, 11) is 2.04. The number of likely N-dealkylation sites (N-methyl/N-ethyl adjacent to an activating group) is 1. The molecule has 5 heteroatoms. The number of hydrogen-bond acceptors (Lipinski definition) is 2. The fourth-order valence-corrected chi connectivity index (χ4v) is 2.79. The molecule has 0 N–H and O–H groups in total. The van der Waals surface area contributed by atoms with E-state index in [2.05, 4.69) is 11.8 Å². The minimum atomic E-state index is -0.581.